The van der Waals surface area contributed by atoms with Gasteiger partial charge in [0.2, 0.25) is 5.91 Å². The Morgan fingerprint density at radius 1 is 1.18 bits per heavy atom. The monoisotopic (exact) mass is 295 g/mol. The number of fused-ring (bicyclic) bond motifs is 1. The number of para-hydroxylation sites is 2. The number of carbonyl (C=O) groups excluding carboxylic acids is 1. The molecule has 5 nitrogen and oxygen atoms in total. The van der Waals surface area contributed by atoms with Gasteiger partial charge in [0.05, 0.1) is 11.0 Å². The molecule has 0 fully saturated rings. The Bertz CT molecular complexity index is 877. The zero-order valence-electron chi connectivity index (χ0n) is 12.3. The summed E-state index contributed by atoms with van der Waals surface area (Å²) in [7, 11) is 0. The molecule has 22 heavy (non-hydrogen) atoms. The first-order valence-corrected chi connectivity index (χ1v) is 7.13. The number of aromatic amines is 1. The van der Waals surface area contributed by atoms with Crippen LogP contribution in [0.2, 0.25) is 0 Å². The van der Waals surface area contributed by atoms with Gasteiger partial charge < -0.3 is 10.3 Å². The van der Waals surface area contributed by atoms with E-state index in [1.54, 1.807) is 0 Å². The maximum absolute atomic E-state index is 12.1. The van der Waals surface area contributed by atoms with Gasteiger partial charge in [-0.1, -0.05) is 42.0 Å². The standard InChI is InChI=1S/C17H17N3O2/c1-12-5-4-6-13(9-12)10-18-16(21)11-20-15-8-3-2-7-14(15)19-17(20)22/h2-9H,10-11H2,1H3,(H,18,21)(H,19,22). The minimum atomic E-state index is -0.271. The third-order valence-electron chi connectivity index (χ3n) is 3.56. The third kappa shape index (κ3) is 2.93. The van der Waals surface area contributed by atoms with Crippen molar-refractivity contribution in [3.63, 3.8) is 0 Å². The fourth-order valence-electron chi connectivity index (χ4n) is 2.49. The Hall–Kier alpha value is -2.82. The summed E-state index contributed by atoms with van der Waals surface area (Å²) >= 11 is 0. The molecule has 2 N–H and O–H groups in total. The number of imidazole rings is 1. The lowest BCUT2D eigenvalue weighted by molar-refractivity contribution is -0.121. The highest BCUT2D eigenvalue weighted by molar-refractivity contribution is 5.80. The van der Waals surface area contributed by atoms with Crippen molar-refractivity contribution in [1.29, 1.82) is 0 Å². The average molecular weight is 295 g/mol. The quantitative estimate of drug-likeness (QED) is 0.772. The van der Waals surface area contributed by atoms with Crippen molar-refractivity contribution in [2.75, 3.05) is 0 Å². The number of aryl methyl sites for hydroxylation is 1. The molecule has 0 aliphatic rings. The second-order valence-corrected chi connectivity index (χ2v) is 5.30. The van der Waals surface area contributed by atoms with Gasteiger partial charge in [0, 0.05) is 6.54 Å². The average Bonchev–Trinajstić information content (AvgIpc) is 2.81. The highest BCUT2D eigenvalue weighted by Gasteiger charge is 2.10. The fraction of sp³-hybridized carbons (Fsp3) is 0.176. The van der Waals surface area contributed by atoms with Crippen molar-refractivity contribution < 1.29 is 4.79 Å². The Morgan fingerprint density at radius 2 is 2.00 bits per heavy atom. The van der Waals surface area contributed by atoms with Gasteiger partial charge in [-0.2, -0.15) is 0 Å². The number of carbonyl (C=O) groups is 1. The lowest BCUT2D eigenvalue weighted by atomic mass is 10.1. The molecule has 0 spiro atoms. The topological polar surface area (TPSA) is 66.9 Å². The molecule has 0 saturated carbocycles. The van der Waals surface area contributed by atoms with Gasteiger partial charge >= 0.3 is 5.69 Å². The summed E-state index contributed by atoms with van der Waals surface area (Å²) in [6.45, 7) is 2.48. The van der Waals surface area contributed by atoms with Crippen LogP contribution < -0.4 is 11.0 Å². The molecule has 0 bridgehead atoms. The molecule has 0 radical (unpaired) electrons. The van der Waals surface area contributed by atoms with Crippen LogP contribution in [0.5, 0.6) is 0 Å². The number of benzene rings is 2. The second kappa shape index (κ2) is 5.89. The number of hydrogen-bond acceptors (Lipinski definition) is 2. The van der Waals surface area contributed by atoms with Crippen LogP contribution in [0.4, 0.5) is 0 Å². The Kier molecular flexibility index (Phi) is 3.78. The van der Waals surface area contributed by atoms with E-state index in [9.17, 15) is 9.59 Å². The normalized spacial score (nSPS) is 10.8. The lowest BCUT2D eigenvalue weighted by Crippen LogP contribution is -2.31. The van der Waals surface area contributed by atoms with Gasteiger partial charge in [-0.3, -0.25) is 9.36 Å². The van der Waals surface area contributed by atoms with Crippen LogP contribution in [0.15, 0.2) is 53.3 Å². The van der Waals surface area contributed by atoms with Crippen LogP contribution in [-0.4, -0.2) is 15.5 Å². The van der Waals surface area contributed by atoms with E-state index in [0.29, 0.717) is 6.54 Å². The lowest BCUT2D eigenvalue weighted by Gasteiger charge is -2.07. The van der Waals surface area contributed by atoms with Gasteiger partial charge in [0.15, 0.2) is 0 Å². The molecular weight excluding hydrogens is 278 g/mol. The Balaban J connectivity index is 1.71. The molecule has 3 rings (SSSR count). The highest BCUT2D eigenvalue weighted by Crippen LogP contribution is 2.08. The Morgan fingerprint density at radius 3 is 2.82 bits per heavy atom. The smallest absolute Gasteiger partial charge is 0.326 e. The van der Waals surface area contributed by atoms with E-state index in [-0.39, 0.29) is 18.1 Å². The minimum absolute atomic E-state index is 0.00859. The summed E-state index contributed by atoms with van der Waals surface area (Å²) in [6, 6.07) is 15.3. The van der Waals surface area contributed by atoms with Gasteiger partial charge in [-0.15, -0.1) is 0 Å². The van der Waals surface area contributed by atoms with Crippen LogP contribution in [0.3, 0.4) is 0 Å². The summed E-state index contributed by atoms with van der Waals surface area (Å²) in [5, 5.41) is 2.84. The molecule has 1 amide bonds. The van der Waals surface area contributed by atoms with Crippen LogP contribution in [0, 0.1) is 6.92 Å². The van der Waals surface area contributed by atoms with Crippen molar-refractivity contribution in [3.05, 3.63) is 70.1 Å². The molecule has 1 aromatic heterocycles. The largest absolute Gasteiger partial charge is 0.350 e. The zero-order chi connectivity index (χ0) is 15.5. The minimum Gasteiger partial charge on any atom is -0.350 e. The second-order valence-electron chi connectivity index (χ2n) is 5.30. The molecule has 0 atom stereocenters. The van der Waals surface area contributed by atoms with Crippen molar-refractivity contribution in [1.82, 2.24) is 14.9 Å². The third-order valence-corrected chi connectivity index (χ3v) is 3.56. The van der Waals surface area contributed by atoms with E-state index < -0.39 is 0 Å². The van der Waals surface area contributed by atoms with E-state index in [1.807, 2.05) is 55.5 Å². The van der Waals surface area contributed by atoms with Crippen LogP contribution >= 0.6 is 0 Å². The number of H-pyrrole nitrogens is 1. The molecule has 0 aliphatic heterocycles. The molecule has 5 heteroatoms. The summed E-state index contributed by atoms with van der Waals surface area (Å²) in [5.41, 5.74) is 3.39. The maximum Gasteiger partial charge on any atom is 0.326 e. The van der Waals surface area contributed by atoms with Gasteiger partial charge in [-0.25, -0.2) is 4.79 Å². The molecule has 112 valence electrons. The van der Waals surface area contributed by atoms with Crippen LogP contribution in [0.1, 0.15) is 11.1 Å². The predicted molar refractivity (Wildman–Crippen MR) is 85.6 cm³/mol. The van der Waals surface area contributed by atoms with E-state index in [2.05, 4.69) is 10.3 Å². The van der Waals surface area contributed by atoms with E-state index in [1.165, 1.54) is 4.57 Å². The fourth-order valence-corrected chi connectivity index (χ4v) is 2.49. The molecule has 0 saturated heterocycles. The SMILES string of the molecule is Cc1cccc(CNC(=O)Cn2c(=O)[nH]c3ccccc32)c1. The summed E-state index contributed by atoms with van der Waals surface area (Å²) in [6.07, 6.45) is 0. The molecule has 1 heterocycles. The summed E-state index contributed by atoms with van der Waals surface area (Å²) in [5.74, 6) is -0.187. The number of nitrogens with zero attached hydrogens (tertiary/aromatic N) is 1. The van der Waals surface area contributed by atoms with Crippen LogP contribution in [-0.2, 0) is 17.9 Å². The van der Waals surface area contributed by atoms with E-state index >= 15 is 0 Å². The Labute approximate surface area is 127 Å². The molecule has 2 aromatic carbocycles. The molecule has 3 aromatic rings. The van der Waals surface area contributed by atoms with Gasteiger partial charge in [-0.05, 0) is 24.6 Å². The molecule has 0 unspecified atom stereocenters. The van der Waals surface area contributed by atoms with E-state index in [4.69, 9.17) is 0 Å². The predicted octanol–water partition coefficient (Wildman–Crippen LogP) is 1.95. The van der Waals surface area contributed by atoms with E-state index in [0.717, 1.165) is 22.2 Å². The van der Waals surface area contributed by atoms with Crippen molar-refractivity contribution in [2.45, 2.75) is 20.0 Å². The first kappa shape index (κ1) is 14.1. The number of nitrogens with one attached hydrogen (secondary N) is 2. The summed E-state index contributed by atoms with van der Waals surface area (Å²) < 4.78 is 1.45. The molecular formula is C17H17N3O2. The number of hydrogen-bond donors (Lipinski definition) is 2. The van der Waals surface area contributed by atoms with Crippen molar-refractivity contribution in [3.8, 4) is 0 Å². The van der Waals surface area contributed by atoms with Crippen LogP contribution in [0.25, 0.3) is 11.0 Å². The number of aromatic nitrogens is 2. The maximum atomic E-state index is 12.1. The van der Waals surface area contributed by atoms with Crippen molar-refractivity contribution in [2.24, 2.45) is 0 Å². The zero-order valence-corrected chi connectivity index (χ0v) is 12.3. The molecule has 0 aliphatic carbocycles. The highest BCUT2D eigenvalue weighted by atomic mass is 16.2. The summed E-state index contributed by atoms with van der Waals surface area (Å²) in [4.78, 5) is 26.7. The number of amides is 1. The van der Waals surface area contributed by atoms with Crippen molar-refractivity contribution >= 4 is 16.9 Å². The number of rotatable bonds is 4. The van der Waals surface area contributed by atoms with Gasteiger partial charge in [0.25, 0.3) is 0 Å². The first-order valence-electron chi connectivity index (χ1n) is 7.13. The van der Waals surface area contributed by atoms with Gasteiger partial charge in [0.1, 0.15) is 6.54 Å². The first-order chi connectivity index (χ1) is 10.6.